The molecule has 5 aromatic rings. The summed E-state index contributed by atoms with van der Waals surface area (Å²) in [7, 11) is 0. The first-order valence-electron chi connectivity index (χ1n) is 9.18. The Hall–Kier alpha value is -3.62. The summed E-state index contributed by atoms with van der Waals surface area (Å²) >= 11 is 6.31. The lowest BCUT2D eigenvalue weighted by molar-refractivity contribution is 1.08. The van der Waals surface area contributed by atoms with Gasteiger partial charge in [0.1, 0.15) is 0 Å². The highest BCUT2D eigenvalue weighted by atomic mass is 35.5. The zero-order chi connectivity index (χ0) is 20.1. The largest absolute Gasteiger partial charge is 0.315 e. The highest BCUT2D eigenvalue weighted by molar-refractivity contribution is 6.31. The van der Waals surface area contributed by atoms with Crippen LogP contribution in [0, 0.1) is 25.2 Å². The first-order chi connectivity index (χ1) is 14.1. The maximum atomic E-state index is 9.73. The van der Waals surface area contributed by atoms with Gasteiger partial charge in [0, 0.05) is 39.4 Å². The Morgan fingerprint density at radius 1 is 1.07 bits per heavy atom. The third-order valence-corrected chi connectivity index (χ3v) is 5.64. The van der Waals surface area contributed by atoms with Gasteiger partial charge in [0.15, 0.2) is 0 Å². The monoisotopic (exact) mass is 397 g/mol. The number of H-pyrrole nitrogens is 1. The van der Waals surface area contributed by atoms with E-state index in [1.54, 1.807) is 6.20 Å². The van der Waals surface area contributed by atoms with Gasteiger partial charge in [0.2, 0.25) is 0 Å². The van der Waals surface area contributed by atoms with Crippen molar-refractivity contribution in [1.29, 1.82) is 5.26 Å². The zero-order valence-corrected chi connectivity index (χ0v) is 16.6. The van der Waals surface area contributed by atoms with Gasteiger partial charge in [-0.1, -0.05) is 11.6 Å². The van der Waals surface area contributed by atoms with Crippen LogP contribution < -0.4 is 0 Å². The van der Waals surface area contributed by atoms with Crippen molar-refractivity contribution in [3.63, 3.8) is 0 Å². The first-order valence-corrected chi connectivity index (χ1v) is 9.56. The van der Waals surface area contributed by atoms with Crippen molar-refractivity contribution in [2.24, 2.45) is 0 Å². The number of hydrogen-bond acceptors (Lipinski definition) is 3. The number of benzene rings is 2. The Morgan fingerprint density at radius 2 is 1.93 bits per heavy atom. The summed E-state index contributed by atoms with van der Waals surface area (Å²) in [6.45, 7) is 4.07. The summed E-state index contributed by atoms with van der Waals surface area (Å²) in [5.41, 5.74) is 7.41. The highest BCUT2D eigenvalue weighted by Gasteiger charge is 2.16. The van der Waals surface area contributed by atoms with Crippen molar-refractivity contribution in [2.45, 2.75) is 13.8 Å². The number of hydrogen-bond donors (Lipinski definition) is 1. The van der Waals surface area contributed by atoms with E-state index in [1.165, 1.54) is 0 Å². The molecule has 0 atom stereocenters. The van der Waals surface area contributed by atoms with E-state index in [0.717, 1.165) is 49.9 Å². The summed E-state index contributed by atoms with van der Waals surface area (Å²) in [5.74, 6) is 0. The Balaban J connectivity index is 1.90. The lowest BCUT2D eigenvalue weighted by atomic mass is 10.0. The maximum Gasteiger partial charge on any atom is 0.0998 e. The number of nitriles is 1. The molecule has 2 aromatic carbocycles. The smallest absolute Gasteiger partial charge is 0.0998 e. The minimum absolute atomic E-state index is 0.628. The van der Waals surface area contributed by atoms with Gasteiger partial charge in [0.25, 0.3) is 0 Å². The van der Waals surface area contributed by atoms with Crippen molar-refractivity contribution in [3.8, 4) is 22.9 Å². The van der Waals surface area contributed by atoms with Gasteiger partial charge >= 0.3 is 0 Å². The van der Waals surface area contributed by atoms with E-state index in [0.29, 0.717) is 10.6 Å². The molecule has 140 valence electrons. The molecule has 6 heteroatoms. The van der Waals surface area contributed by atoms with Gasteiger partial charge in [-0.3, -0.25) is 10.1 Å². The topological polar surface area (TPSA) is 70.3 Å². The van der Waals surface area contributed by atoms with Gasteiger partial charge in [-0.15, -0.1) is 0 Å². The summed E-state index contributed by atoms with van der Waals surface area (Å²) in [6, 6.07) is 14.1. The van der Waals surface area contributed by atoms with E-state index in [9.17, 15) is 5.26 Å². The molecule has 0 amide bonds. The van der Waals surface area contributed by atoms with Crippen molar-refractivity contribution < 1.29 is 0 Å². The highest BCUT2D eigenvalue weighted by Crippen LogP contribution is 2.34. The fourth-order valence-corrected chi connectivity index (χ4v) is 4.02. The van der Waals surface area contributed by atoms with E-state index in [-0.39, 0.29) is 0 Å². The molecule has 0 aliphatic heterocycles. The number of halogens is 1. The second-order valence-electron chi connectivity index (χ2n) is 7.07. The second kappa shape index (κ2) is 6.47. The van der Waals surface area contributed by atoms with Crippen molar-refractivity contribution in [3.05, 3.63) is 76.8 Å². The summed E-state index contributed by atoms with van der Waals surface area (Å²) in [4.78, 5) is 4.72. The van der Waals surface area contributed by atoms with Crippen molar-refractivity contribution in [2.75, 3.05) is 0 Å². The van der Waals surface area contributed by atoms with Gasteiger partial charge in [0.05, 0.1) is 34.6 Å². The lowest BCUT2D eigenvalue weighted by Crippen LogP contribution is -2.02. The van der Waals surface area contributed by atoms with E-state index in [2.05, 4.69) is 33.8 Å². The van der Waals surface area contributed by atoms with E-state index in [4.69, 9.17) is 16.6 Å². The molecule has 0 aliphatic carbocycles. The molecule has 0 aliphatic rings. The van der Waals surface area contributed by atoms with Crippen LogP contribution in [-0.2, 0) is 0 Å². The quantitative estimate of drug-likeness (QED) is 0.414. The minimum atomic E-state index is 0.628. The molecular weight excluding hydrogens is 382 g/mol. The van der Waals surface area contributed by atoms with Crippen LogP contribution in [0.15, 0.2) is 55.0 Å². The molecule has 0 bridgehead atoms. The number of fused-ring (bicyclic) bond motifs is 2. The molecule has 0 radical (unpaired) electrons. The third-order valence-electron chi connectivity index (χ3n) is 5.40. The van der Waals surface area contributed by atoms with E-state index in [1.807, 2.05) is 49.6 Å². The molecule has 0 saturated heterocycles. The van der Waals surface area contributed by atoms with Crippen molar-refractivity contribution >= 4 is 33.4 Å². The van der Waals surface area contributed by atoms with Crippen LogP contribution in [0.5, 0.6) is 0 Å². The average Bonchev–Trinajstić information content (AvgIpc) is 3.39. The molecule has 1 N–H and O–H groups in total. The number of rotatable bonds is 2. The predicted molar refractivity (Wildman–Crippen MR) is 115 cm³/mol. The molecule has 29 heavy (non-hydrogen) atoms. The van der Waals surface area contributed by atoms with Gasteiger partial charge in [-0.05, 0) is 61.4 Å². The third kappa shape index (κ3) is 2.69. The van der Waals surface area contributed by atoms with Crippen LogP contribution >= 0.6 is 11.6 Å². The normalized spacial score (nSPS) is 11.2. The molecule has 0 fully saturated rings. The number of nitrogens with zero attached hydrogens (tertiary/aromatic N) is 4. The number of aromatic nitrogens is 4. The number of nitrogens with one attached hydrogen (secondary N) is 1. The molecule has 0 spiro atoms. The molecule has 5 rings (SSSR count). The number of aromatic amines is 1. The Labute approximate surface area is 172 Å². The van der Waals surface area contributed by atoms with Crippen LogP contribution in [0.2, 0.25) is 5.02 Å². The Bertz CT molecular complexity index is 1440. The first kappa shape index (κ1) is 17.5. The molecule has 5 nitrogen and oxygen atoms in total. The van der Waals surface area contributed by atoms with E-state index >= 15 is 0 Å². The summed E-state index contributed by atoms with van der Waals surface area (Å²) < 4.78 is 2.13. The molecule has 0 saturated carbocycles. The van der Waals surface area contributed by atoms with Gasteiger partial charge in [-0.25, -0.2) is 0 Å². The second-order valence-corrected chi connectivity index (χ2v) is 7.51. The van der Waals surface area contributed by atoms with Crippen LogP contribution in [0.4, 0.5) is 0 Å². The van der Waals surface area contributed by atoms with Crippen molar-refractivity contribution in [1.82, 2.24) is 19.7 Å². The summed E-state index contributed by atoms with van der Waals surface area (Å²) in [5, 5.41) is 19.2. The van der Waals surface area contributed by atoms with Gasteiger partial charge in [-0.2, -0.15) is 10.4 Å². The number of aryl methyl sites for hydroxylation is 1. The standard InChI is InChI=1S/C23H16ClN5/c1-13-14(2)28-21-4-3-18(24)9-20(21)23(13)29-6-5-19-16(10-25)7-15(8-22(19)29)17-11-26-27-12-17/h3-9,11-12H,1-2H3,(H,26,27). The fraction of sp³-hybridized carbons (Fsp3) is 0.0870. The Kier molecular flexibility index (Phi) is 3.90. The fourth-order valence-electron chi connectivity index (χ4n) is 3.85. The number of pyridine rings is 1. The molecular formula is C23H16ClN5. The summed E-state index contributed by atoms with van der Waals surface area (Å²) in [6.07, 6.45) is 5.59. The molecule has 0 unspecified atom stereocenters. The van der Waals surface area contributed by atoms with Crippen LogP contribution in [0.3, 0.4) is 0 Å². The average molecular weight is 398 g/mol. The predicted octanol–water partition coefficient (Wildman–Crippen LogP) is 5.71. The maximum absolute atomic E-state index is 9.73. The lowest BCUT2D eigenvalue weighted by Gasteiger charge is -2.16. The van der Waals surface area contributed by atoms with Crippen LogP contribution in [0.25, 0.3) is 38.6 Å². The molecule has 3 heterocycles. The Morgan fingerprint density at radius 3 is 2.69 bits per heavy atom. The van der Waals surface area contributed by atoms with E-state index < -0.39 is 0 Å². The molecule has 3 aromatic heterocycles. The zero-order valence-electron chi connectivity index (χ0n) is 15.9. The van der Waals surface area contributed by atoms with Crippen LogP contribution in [-0.4, -0.2) is 19.7 Å². The minimum Gasteiger partial charge on any atom is -0.315 e. The van der Waals surface area contributed by atoms with Gasteiger partial charge < -0.3 is 4.57 Å². The SMILES string of the molecule is Cc1nc2ccc(Cl)cc2c(-n2ccc3c(C#N)cc(-c4cn[nH]c4)cc32)c1C. The van der Waals surface area contributed by atoms with Crippen LogP contribution in [0.1, 0.15) is 16.8 Å².